The van der Waals surface area contributed by atoms with E-state index in [9.17, 15) is 4.21 Å². The Balaban J connectivity index is 2.13. The van der Waals surface area contributed by atoms with Crippen molar-refractivity contribution >= 4 is 10.8 Å². The van der Waals surface area contributed by atoms with Gasteiger partial charge in [0.05, 0.1) is 22.7 Å². The van der Waals surface area contributed by atoms with Crippen LogP contribution in [0.4, 0.5) is 0 Å². The van der Waals surface area contributed by atoms with Gasteiger partial charge in [-0.25, -0.2) is 0 Å². The van der Waals surface area contributed by atoms with Gasteiger partial charge in [-0.3, -0.25) is 4.21 Å². The van der Waals surface area contributed by atoms with Crippen LogP contribution in [-0.4, -0.2) is 28.7 Å². The summed E-state index contributed by atoms with van der Waals surface area (Å²) in [6.07, 6.45) is 0.792. The topological polar surface area (TPSA) is 52.3 Å². The smallest absolute Gasteiger partial charge is 0.0779 e. The minimum absolute atomic E-state index is 0.0237. The summed E-state index contributed by atoms with van der Waals surface area (Å²) in [5.41, 5.74) is 7.29. The SMILES string of the molecule is CC(C)c1ccc(S(=O)C2COCCC2N)cc1. The molecule has 1 heterocycles. The van der Waals surface area contributed by atoms with E-state index in [1.165, 1.54) is 5.56 Å². The molecule has 3 unspecified atom stereocenters. The first kappa shape index (κ1) is 13.7. The molecule has 4 heteroatoms. The van der Waals surface area contributed by atoms with Gasteiger partial charge in [-0.2, -0.15) is 0 Å². The summed E-state index contributed by atoms with van der Waals surface area (Å²) < 4.78 is 17.8. The zero-order valence-corrected chi connectivity index (χ0v) is 11.8. The largest absolute Gasteiger partial charge is 0.380 e. The Morgan fingerprint density at radius 2 is 2.00 bits per heavy atom. The standard InChI is InChI=1S/C14H21NO2S/c1-10(2)11-3-5-12(6-4-11)18(16)14-9-17-8-7-13(14)15/h3-6,10,13-14H,7-9,15H2,1-2H3. The van der Waals surface area contributed by atoms with Crippen LogP contribution in [0, 0.1) is 0 Å². The van der Waals surface area contributed by atoms with Crippen molar-refractivity contribution in [3.63, 3.8) is 0 Å². The highest BCUT2D eigenvalue weighted by Gasteiger charge is 2.28. The summed E-state index contributed by atoms with van der Waals surface area (Å²) in [7, 11) is -1.07. The average molecular weight is 267 g/mol. The molecule has 2 rings (SSSR count). The quantitative estimate of drug-likeness (QED) is 0.911. The van der Waals surface area contributed by atoms with Crippen LogP contribution in [0.3, 0.4) is 0 Å². The van der Waals surface area contributed by atoms with E-state index in [0.29, 0.717) is 19.1 Å². The van der Waals surface area contributed by atoms with Crippen LogP contribution in [0.5, 0.6) is 0 Å². The molecule has 0 aliphatic carbocycles. The summed E-state index contributed by atoms with van der Waals surface area (Å²) in [6.45, 7) is 5.48. The first-order valence-electron chi connectivity index (χ1n) is 6.43. The number of rotatable bonds is 3. The van der Waals surface area contributed by atoms with E-state index in [1.807, 2.05) is 24.3 Å². The van der Waals surface area contributed by atoms with Crippen molar-refractivity contribution in [1.29, 1.82) is 0 Å². The molecule has 2 N–H and O–H groups in total. The van der Waals surface area contributed by atoms with Crippen LogP contribution in [0.15, 0.2) is 29.2 Å². The van der Waals surface area contributed by atoms with Crippen molar-refractivity contribution < 1.29 is 8.95 Å². The molecule has 3 atom stereocenters. The third-order valence-electron chi connectivity index (χ3n) is 3.41. The van der Waals surface area contributed by atoms with Crippen molar-refractivity contribution in [3.8, 4) is 0 Å². The number of nitrogens with two attached hydrogens (primary N) is 1. The van der Waals surface area contributed by atoms with E-state index < -0.39 is 10.8 Å². The van der Waals surface area contributed by atoms with Gasteiger partial charge in [0.25, 0.3) is 0 Å². The Bertz CT molecular complexity index is 416. The van der Waals surface area contributed by atoms with Gasteiger partial charge in [0.1, 0.15) is 0 Å². The van der Waals surface area contributed by atoms with Gasteiger partial charge in [0, 0.05) is 17.5 Å². The zero-order valence-electron chi connectivity index (χ0n) is 11.0. The molecule has 1 aliphatic rings. The summed E-state index contributed by atoms with van der Waals surface area (Å²) in [4.78, 5) is 0.852. The molecule has 0 saturated carbocycles. The average Bonchev–Trinajstić information content (AvgIpc) is 2.38. The summed E-state index contributed by atoms with van der Waals surface area (Å²) in [5, 5.41) is -0.0800. The zero-order chi connectivity index (χ0) is 13.1. The fourth-order valence-electron chi connectivity index (χ4n) is 2.11. The molecule has 1 saturated heterocycles. The highest BCUT2D eigenvalue weighted by Crippen LogP contribution is 2.21. The Morgan fingerprint density at radius 1 is 1.33 bits per heavy atom. The molecule has 0 aromatic heterocycles. The Hall–Kier alpha value is -0.710. The van der Waals surface area contributed by atoms with Gasteiger partial charge < -0.3 is 10.5 Å². The Morgan fingerprint density at radius 3 is 2.56 bits per heavy atom. The van der Waals surface area contributed by atoms with Gasteiger partial charge in [-0.05, 0) is 30.0 Å². The number of hydrogen-bond donors (Lipinski definition) is 1. The first-order chi connectivity index (χ1) is 8.59. The molecule has 0 amide bonds. The third-order valence-corrected chi connectivity index (χ3v) is 5.18. The highest BCUT2D eigenvalue weighted by molar-refractivity contribution is 7.85. The molecular weight excluding hydrogens is 246 g/mol. The van der Waals surface area contributed by atoms with Gasteiger partial charge in [-0.15, -0.1) is 0 Å². The molecule has 3 nitrogen and oxygen atoms in total. The summed E-state index contributed by atoms with van der Waals surface area (Å²) >= 11 is 0. The monoisotopic (exact) mass is 267 g/mol. The number of ether oxygens (including phenoxy) is 1. The summed E-state index contributed by atoms with van der Waals surface area (Å²) in [5.74, 6) is 0.493. The van der Waals surface area contributed by atoms with E-state index in [2.05, 4.69) is 13.8 Å². The Kier molecular flexibility index (Phi) is 4.54. The molecule has 100 valence electrons. The molecule has 0 bridgehead atoms. The summed E-state index contributed by atoms with van der Waals surface area (Å²) in [6, 6.07) is 7.98. The predicted octanol–water partition coefficient (Wildman–Crippen LogP) is 2.03. The van der Waals surface area contributed by atoms with E-state index >= 15 is 0 Å². The molecule has 18 heavy (non-hydrogen) atoms. The van der Waals surface area contributed by atoms with Crippen LogP contribution in [0.1, 0.15) is 31.7 Å². The van der Waals surface area contributed by atoms with Crippen LogP contribution in [0.25, 0.3) is 0 Å². The van der Waals surface area contributed by atoms with E-state index in [-0.39, 0.29) is 11.3 Å². The van der Waals surface area contributed by atoms with E-state index in [4.69, 9.17) is 10.5 Å². The van der Waals surface area contributed by atoms with Gasteiger partial charge in [0.15, 0.2) is 0 Å². The van der Waals surface area contributed by atoms with Crippen molar-refractivity contribution in [3.05, 3.63) is 29.8 Å². The van der Waals surface area contributed by atoms with Gasteiger partial charge in [0.2, 0.25) is 0 Å². The lowest BCUT2D eigenvalue weighted by atomic mass is 10.0. The minimum atomic E-state index is -1.07. The molecule has 0 radical (unpaired) electrons. The molecule has 1 aromatic carbocycles. The van der Waals surface area contributed by atoms with Crippen molar-refractivity contribution in [1.82, 2.24) is 0 Å². The second kappa shape index (κ2) is 5.95. The number of hydrogen-bond acceptors (Lipinski definition) is 3. The fourth-order valence-corrected chi connectivity index (χ4v) is 3.54. The lowest BCUT2D eigenvalue weighted by Gasteiger charge is -2.27. The third kappa shape index (κ3) is 2.99. The lowest BCUT2D eigenvalue weighted by molar-refractivity contribution is 0.0904. The van der Waals surface area contributed by atoms with Gasteiger partial charge in [-0.1, -0.05) is 26.0 Å². The molecule has 0 spiro atoms. The molecular formula is C14H21NO2S. The van der Waals surface area contributed by atoms with Crippen molar-refractivity contribution in [2.75, 3.05) is 13.2 Å². The maximum Gasteiger partial charge on any atom is 0.0779 e. The maximum atomic E-state index is 12.4. The molecule has 1 fully saturated rings. The molecule has 1 aliphatic heterocycles. The van der Waals surface area contributed by atoms with Crippen LogP contribution in [-0.2, 0) is 15.5 Å². The lowest BCUT2D eigenvalue weighted by Crippen LogP contribution is -2.45. The minimum Gasteiger partial charge on any atom is -0.380 e. The highest BCUT2D eigenvalue weighted by atomic mass is 32.2. The van der Waals surface area contributed by atoms with Crippen LogP contribution >= 0.6 is 0 Å². The second-order valence-electron chi connectivity index (χ2n) is 5.09. The second-order valence-corrected chi connectivity index (χ2v) is 6.76. The van der Waals surface area contributed by atoms with Crippen molar-refractivity contribution in [2.24, 2.45) is 5.73 Å². The fraction of sp³-hybridized carbons (Fsp3) is 0.571. The van der Waals surface area contributed by atoms with Crippen molar-refractivity contribution in [2.45, 2.75) is 42.4 Å². The van der Waals surface area contributed by atoms with Gasteiger partial charge >= 0.3 is 0 Å². The maximum absolute atomic E-state index is 12.4. The number of benzene rings is 1. The van der Waals surface area contributed by atoms with Crippen LogP contribution < -0.4 is 5.73 Å². The first-order valence-corrected chi connectivity index (χ1v) is 7.64. The normalized spacial score (nSPS) is 26.2. The molecule has 1 aromatic rings. The van der Waals surface area contributed by atoms with E-state index in [1.54, 1.807) is 0 Å². The van der Waals surface area contributed by atoms with E-state index in [0.717, 1.165) is 11.3 Å². The Labute approximate surface area is 111 Å². The van der Waals surface area contributed by atoms with Crippen LogP contribution in [0.2, 0.25) is 0 Å². The predicted molar refractivity (Wildman–Crippen MR) is 74.1 cm³/mol.